The number of H-pyrrole nitrogens is 1. The van der Waals surface area contributed by atoms with E-state index in [1.165, 1.54) is 24.7 Å². The van der Waals surface area contributed by atoms with Gasteiger partial charge in [-0.05, 0) is 30.5 Å². The maximum Gasteiger partial charge on any atom is 0.326 e. The zero-order chi connectivity index (χ0) is 29.8. The molecule has 12 N–H and O–H groups in total. The number of phenols is 1. The lowest BCUT2D eigenvalue weighted by molar-refractivity contribution is -0.143. The molecule has 216 valence electrons. The second-order valence-corrected chi connectivity index (χ2v) is 8.96. The van der Waals surface area contributed by atoms with E-state index < -0.39 is 66.1 Å². The summed E-state index contributed by atoms with van der Waals surface area (Å²) in [5, 5.41) is 25.8. The Balaban J connectivity index is 2.19. The minimum Gasteiger partial charge on any atom is -0.508 e. The first-order valence-corrected chi connectivity index (χ1v) is 12.1. The van der Waals surface area contributed by atoms with Gasteiger partial charge in [0, 0.05) is 24.7 Å². The van der Waals surface area contributed by atoms with Crippen LogP contribution < -0.4 is 33.2 Å². The minimum absolute atomic E-state index is 0.0305. The molecule has 16 heteroatoms. The number of primary amides is 2. The van der Waals surface area contributed by atoms with Gasteiger partial charge in [-0.3, -0.25) is 24.0 Å². The molecule has 1 aromatic carbocycles. The Hall–Kier alpha value is -4.99. The standard InChI is InChI=1S/C24H32N8O8/c25-15(7-12-1-3-14(33)4-2-12)21(36)30-16(5-6-19(26)34)22(37)31-17(8-13-10-28-11-29-13)23(38)32-18(24(39)40)9-20(27)35/h1-4,10-11,15-18,33H,5-9,25H2,(H2,26,34)(H2,27,35)(H,28,29)(H,30,36)(H,31,37)(H,32,38)(H,39,40). The van der Waals surface area contributed by atoms with E-state index in [1.54, 1.807) is 12.1 Å². The maximum atomic E-state index is 13.2. The molecule has 0 spiro atoms. The van der Waals surface area contributed by atoms with Crippen molar-refractivity contribution in [3.63, 3.8) is 0 Å². The highest BCUT2D eigenvalue weighted by Crippen LogP contribution is 2.11. The molecule has 0 aliphatic heterocycles. The molecular weight excluding hydrogens is 528 g/mol. The van der Waals surface area contributed by atoms with Crippen LogP contribution in [0.4, 0.5) is 0 Å². The van der Waals surface area contributed by atoms with Crippen LogP contribution in [0.25, 0.3) is 0 Å². The molecule has 2 aromatic rings. The number of nitrogens with one attached hydrogen (secondary N) is 4. The van der Waals surface area contributed by atoms with Crippen LogP contribution in [0.1, 0.15) is 30.5 Å². The number of aromatic amines is 1. The molecule has 2 rings (SSSR count). The summed E-state index contributed by atoms with van der Waals surface area (Å²) < 4.78 is 0. The lowest BCUT2D eigenvalue weighted by atomic mass is 10.0. The number of aliphatic carboxylic acids is 1. The van der Waals surface area contributed by atoms with Gasteiger partial charge in [-0.2, -0.15) is 0 Å². The van der Waals surface area contributed by atoms with Crippen molar-refractivity contribution in [2.24, 2.45) is 17.2 Å². The summed E-state index contributed by atoms with van der Waals surface area (Å²) in [4.78, 5) is 79.7. The number of rotatable bonds is 16. The summed E-state index contributed by atoms with van der Waals surface area (Å²) in [6, 6.07) is 0.489. The zero-order valence-corrected chi connectivity index (χ0v) is 21.3. The lowest BCUT2D eigenvalue weighted by Crippen LogP contribution is -2.58. The molecule has 0 saturated heterocycles. The number of aromatic hydroxyl groups is 1. The number of carboxylic acids is 1. The molecule has 16 nitrogen and oxygen atoms in total. The van der Waals surface area contributed by atoms with Crippen molar-refractivity contribution in [3.05, 3.63) is 48.0 Å². The van der Waals surface area contributed by atoms with Crippen molar-refractivity contribution in [1.29, 1.82) is 0 Å². The summed E-state index contributed by atoms with van der Waals surface area (Å²) in [6.45, 7) is 0. The number of carbonyl (C=O) groups is 6. The molecule has 0 radical (unpaired) electrons. The van der Waals surface area contributed by atoms with Crippen LogP contribution in [-0.2, 0) is 41.6 Å². The Morgan fingerprint density at radius 2 is 1.45 bits per heavy atom. The van der Waals surface area contributed by atoms with Gasteiger partial charge >= 0.3 is 5.97 Å². The number of carboxylic acid groups (broad SMARTS) is 1. The minimum atomic E-state index is -1.66. The van der Waals surface area contributed by atoms with E-state index in [0.717, 1.165) is 0 Å². The van der Waals surface area contributed by atoms with E-state index in [-0.39, 0.29) is 31.4 Å². The number of phenolic OH excluding ortho intramolecular Hbond substituents is 1. The molecule has 0 aliphatic carbocycles. The molecular formula is C24H32N8O8. The summed E-state index contributed by atoms with van der Waals surface area (Å²) >= 11 is 0. The van der Waals surface area contributed by atoms with Crippen LogP contribution in [0, 0.1) is 0 Å². The smallest absolute Gasteiger partial charge is 0.326 e. The first-order chi connectivity index (χ1) is 18.8. The van der Waals surface area contributed by atoms with E-state index >= 15 is 0 Å². The number of imidazole rings is 1. The first kappa shape index (κ1) is 31.2. The van der Waals surface area contributed by atoms with Crippen molar-refractivity contribution in [2.75, 3.05) is 0 Å². The zero-order valence-electron chi connectivity index (χ0n) is 21.3. The molecule has 0 bridgehead atoms. The van der Waals surface area contributed by atoms with Crippen LogP contribution in [0.5, 0.6) is 5.75 Å². The number of carbonyl (C=O) groups excluding carboxylic acids is 5. The van der Waals surface area contributed by atoms with Gasteiger partial charge < -0.3 is 48.3 Å². The number of hydrogen-bond donors (Lipinski definition) is 9. The second kappa shape index (κ2) is 14.8. The number of hydrogen-bond acceptors (Lipinski definition) is 9. The maximum absolute atomic E-state index is 13.2. The van der Waals surface area contributed by atoms with E-state index in [2.05, 4.69) is 25.9 Å². The Kier molecular flexibility index (Phi) is 11.6. The van der Waals surface area contributed by atoms with E-state index in [1.807, 2.05) is 0 Å². The van der Waals surface area contributed by atoms with Gasteiger partial charge in [0.05, 0.1) is 18.8 Å². The average Bonchev–Trinajstić information content (AvgIpc) is 3.39. The van der Waals surface area contributed by atoms with E-state index in [4.69, 9.17) is 17.2 Å². The van der Waals surface area contributed by atoms with Crippen molar-refractivity contribution >= 4 is 35.5 Å². The first-order valence-electron chi connectivity index (χ1n) is 12.1. The van der Waals surface area contributed by atoms with Crippen molar-refractivity contribution in [2.45, 2.75) is 56.3 Å². The topological polar surface area (TPSA) is 286 Å². The Bertz CT molecular complexity index is 1200. The molecule has 0 aliphatic rings. The fraction of sp³-hybridized carbons (Fsp3) is 0.375. The molecule has 0 fully saturated rings. The largest absolute Gasteiger partial charge is 0.508 e. The summed E-state index contributed by atoms with van der Waals surface area (Å²) in [6.07, 6.45) is 1.39. The summed E-state index contributed by atoms with van der Waals surface area (Å²) in [5.41, 5.74) is 17.3. The molecule has 40 heavy (non-hydrogen) atoms. The molecule has 5 amide bonds. The highest BCUT2D eigenvalue weighted by molar-refractivity contribution is 5.95. The van der Waals surface area contributed by atoms with Crippen LogP contribution in [0.3, 0.4) is 0 Å². The molecule has 4 unspecified atom stereocenters. The normalized spacial score (nSPS) is 13.7. The third-order valence-corrected chi connectivity index (χ3v) is 5.67. The number of nitrogens with two attached hydrogens (primary N) is 3. The Labute approximate surface area is 228 Å². The lowest BCUT2D eigenvalue weighted by Gasteiger charge is -2.25. The molecule has 1 heterocycles. The Morgan fingerprint density at radius 3 is 2.00 bits per heavy atom. The van der Waals surface area contributed by atoms with Gasteiger partial charge in [0.25, 0.3) is 0 Å². The molecule has 1 aromatic heterocycles. The monoisotopic (exact) mass is 560 g/mol. The van der Waals surface area contributed by atoms with Crippen LogP contribution in [-0.4, -0.2) is 79.9 Å². The highest BCUT2D eigenvalue weighted by atomic mass is 16.4. The van der Waals surface area contributed by atoms with Gasteiger partial charge in [0.15, 0.2) is 0 Å². The van der Waals surface area contributed by atoms with E-state index in [0.29, 0.717) is 11.3 Å². The third-order valence-electron chi connectivity index (χ3n) is 5.67. The third kappa shape index (κ3) is 10.4. The second-order valence-electron chi connectivity index (χ2n) is 8.96. The predicted molar refractivity (Wildman–Crippen MR) is 138 cm³/mol. The average molecular weight is 561 g/mol. The van der Waals surface area contributed by atoms with Gasteiger partial charge in [0.2, 0.25) is 29.5 Å². The van der Waals surface area contributed by atoms with E-state index in [9.17, 15) is 39.0 Å². The van der Waals surface area contributed by atoms with Crippen LogP contribution in [0.2, 0.25) is 0 Å². The molecule has 0 saturated carbocycles. The van der Waals surface area contributed by atoms with Gasteiger partial charge in [-0.1, -0.05) is 12.1 Å². The fourth-order valence-electron chi connectivity index (χ4n) is 3.58. The van der Waals surface area contributed by atoms with Gasteiger partial charge in [0.1, 0.15) is 23.9 Å². The van der Waals surface area contributed by atoms with Crippen molar-refractivity contribution in [1.82, 2.24) is 25.9 Å². The highest BCUT2D eigenvalue weighted by Gasteiger charge is 2.31. The number of nitrogens with zero attached hydrogens (tertiary/aromatic N) is 1. The summed E-state index contributed by atoms with van der Waals surface area (Å²) in [5.74, 6) is -5.79. The van der Waals surface area contributed by atoms with Crippen LogP contribution >= 0.6 is 0 Å². The number of amides is 5. The predicted octanol–water partition coefficient (Wildman–Crippen LogP) is -3.09. The van der Waals surface area contributed by atoms with Crippen LogP contribution in [0.15, 0.2) is 36.8 Å². The fourth-order valence-corrected chi connectivity index (χ4v) is 3.58. The SMILES string of the molecule is NC(=O)CCC(NC(=O)C(N)Cc1ccc(O)cc1)C(=O)NC(Cc1cnc[nH]1)C(=O)NC(CC(N)=O)C(=O)O. The van der Waals surface area contributed by atoms with Crippen molar-refractivity contribution < 1.29 is 39.0 Å². The Morgan fingerprint density at radius 1 is 0.850 bits per heavy atom. The summed E-state index contributed by atoms with van der Waals surface area (Å²) in [7, 11) is 0. The van der Waals surface area contributed by atoms with Crippen molar-refractivity contribution in [3.8, 4) is 5.75 Å². The number of aromatic nitrogens is 2. The quantitative estimate of drug-likeness (QED) is 0.0996. The van der Waals surface area contributed by atoms with Gasteiger partial charge in [-0.15, -0.1) is 0 Å². The number of benzene rings is 1. The molecule has 4 atom stereocenters. The van der Waals surface area contributed by atoms with Gasteiger partial charge in [-0.25, -0.2) is 9.78 Å².